The topological polar surface area (TPSA) is 18.5 Å². The molecule has 0 amide bonds. The molecule has 1 aliphatic heterocycles. The summed E-state index contributed by atoms with van der Waals surface area (Å²) < 4.78 is 10.5. The molecule has 1 aliphatic rings. The number of rotatable bonds is 2. The molecule has 2 atom stereocenters. The summed E-state index contributed by atoms with van der Waals surface area (Å²) in [4.78, 5) is 0. The van der Waals surface area contributed by atoms with Gasteiger partial charge < -0.3 is 9.47 Å². The summed E-state index contributed by atoms with van der Waals surface area (Å²) in [6.07, 6.45) is 3.87. The largest absolute Gasteiger partial charge is 0.356 e. The average molecular weight is 160 g/mol. The molecule has 11 heavy (non-hydrogen) atoms. The van der Waals surface area contributed by atoms with Crippen LogP contribution in [-0.2, 0) is 9.47 Å². The quantitative estimate of drug-likeness (QED) is 0.618. The van der Waals surface area contributed by atoms with E-state index in [-0.39, 0.29) is 6.29 Å². The predicted molar refractivity (Wildman–Crippen MR) is 46.5 cm³/mol. The third kappa shape index (κ3) is 3.73. The molecule has 0 radical (unpaired) electrons. The lowest BCUT2D eigenvalue weighted by Gasteiger charge is -2.09. The maximum Gasteiger partial charge on any atom is 0.157 e. The summed E-state index contributed by atoms with van der Waals surface area (Å²) in [7, 11) is 1.70. The highest BCUT2D eigenvalue weighted by atomic mass is 16.7. The zero-order valence-corrected chi connectivity index (χ0v) is 8.09. The van der Waals surface area contributed by atoms with Gasteiger partial charge in [0.2, 0.25) is 0 Å². The number of methoxy groups -OCH3 is 1. The van der Waals surface area contributed by atoms with E-state index in [1.807, 2.05) is 13.8 Å². The minimum atomic E-state index is 0.0787. The maximum atomic E-state index is 5.44. The Morgan fingerprint density at radius 1 is 1.36 bits per heavy atom. The average Bonchev–Trinajstić information content (AvgIpc) is 2.55. The van der Waals surface area contributed by atoms with E-state index in [4.69, 9.17) is 9.47 Å². The lowest BCUT2D eigenvalue weighted by Crippen LogP contribution is -2.11. The van der Waals surface area contributed by atoms with Crippen LogP contribution in [0.3, 0.4) is 0 Å². The van der Waals surface area contributed by atoms with E-state index in [9.17, 15) is 0 Å². The molecule has 0 aliphatic carbocycles. The van der Waals surface area contributed by atoms with Gasteiger partial charge in [-0.05, 0) is 12.8 Å². The van der Waals surface area contributed by atoms with Gasteiger partial charge in [-0.25, -0.2) is 0 Å². The van der Waals surface area contributed by atoms with Crippen molar-refractivity contribution in [1.29, 1.82) is 0 Å². The molecule has 68 valence electrons. The first-order valence-electron chi connectivity index (χ1n) is 4.55. The maximum absolute atomic E-state index is 5.44. The summed E-state index contributed by atoms with van der Waals surface area (Å²) in [5.74, 6) is 0. The molecule has 0 aromatic rings. The van der Waals surface area contributed by atoms with E-state index >= 15 is 0 Å². The van der Waals surface area contributed by atoms with E-state index in [2.05, 4.69) is 6.92 Å². The minimum Gasteiger partial charge on any atom is -0.356 e. The van der Waals surface area contributed by atoms with Crippen LogP contribution in [0.1, 0.15) is 40.0 Å². The molecular formula is C9H20O2. The first kappa shape index (κ1) is 10.9. The number of ether oxygens (including phenoxy) is 2. The van der Waals surface area contributed by atoms with Gasteiger partial charge in [0.05, 0.1) is 6.10 Å². The third-order valence-electron chi connectivity index (χ3n) is 1.79. The van der Waals surface area contributed by atoms with Crippen LogP contribution < -0.4 is 0 Å². The van der Waals surface area contributed by atoms with Gasteiger partial charge in [0.1, 0.15) is 0 Å². The van der Waals surface area contributed by atoms with Crippen molar-refractivity contribution >= 4 is 0 Å². The van der Waals surface area contributed by atoms with Gasteiger partial charge in [-0.2, -0.15) is 0 Å². The fraction of sp³-hybridized carbons (Fsp3) is 1.00. The van der Waals surface area contributed by atoms with Crippen molar-refractivity contribution in [2.75, 3.05) is 7.11 Å². The van der Waals surface area contributed by atoms with Crippen molar-refractivity contribution in [3.05, 3.63) is 0 Å². The Morgan fingerprint density at radius 3 is 2.27 bits per heavy atom. The Morgan fingerprint density at radius 2 is 2.00 bits per heavy atom. The van der Waals surface area contributed by atoms with Crippen LogP contribution in [0.15, 0.2) is 0 Å². The molecule has 0 aromatic carbocycles. The van der Waals surface area contributed by atoms with Crippen molar-refractivity contribution in [3.8, 4) is 0 Å². The smallest absolute Gasteiger partial charge is 0.157 e. The lowest BCUT2D eigenvalue weighted by molar-refractivity contribution is -0.114. The lowest BCUT2D eigenvalue weighted by atomic mass is 10.2. The van der Waals surface area contributed by atoms with Crippen LogP contribution in [0.25, 0.3) is 0 Å². The Balaban J connectivity index is 0.000000461. The standard InChI is InChI=1S/C7H14O2.C2H6/c1-3-6-4-5-7(8-2)9-6;1-2/h6-7H,3-5H2,1-2H3;1-2H3/t6-,7?;/m1./s1. The monoisotopic (exact) mass is 160 g/mol. The normalized spacial score (nSPS) is 29.5. The van der Waals surface area contributed by atoms with Crippen molar-refractivity contribution in [2.45, 2.75) is 52.4 Å². The molecule has 2 heteroatoms. The molecule has 1 rings (SSSR count). The summed E-state index contributed by atoms with van der Waals surface area (Å²) in [6.45, 7) is 6.14. The molecule has 0 aromatic heterocycles. The van der Waals surface area contributed by atoms with Crippen molar-refractivity contribution in [1.82, 2.24) is 0 Å². The molecular weight excluding hydrogens is 140 g/mol. The van der Waals surface area contributed by atoms with Gasteiger partial charge in [-0.1, -0.05) is 20.8 Å². The summed E-state index contributed by atoms with van der Waals surface area (Å²) in [6, 6.07) is 0. The third-order valence-corrected chi connectivity index (χ3v) is 1.79. The van der Waals surface area contributed by atoms with Crippen LogP contribution in [0.4, 0.5) is 0 Å². The van der Waals surface area contributed by atoms with E-state index in [1.165, 1.54) is 0 Å². The predicted octanol–water partition coefficient (Wildman–Crippen LogP) is 2.57. The van der Waals surface area contributed by atoms with E-state index in [1.54, 1.807) is 7.11 Å². The SMILES string of the molecule is CC.CC[C@@H]1CCC(OC)O1. The molecule has 1 saturated heterocycles. The van der Waals surface area contributed by atoms with Crippen molar-refractivity contribution in [3.63, 3.8) is 0 Å². The zero-order valence-electron chi connectivity index (χ0n) is 8.09. The summed E-state index contributed by atoms with van der Waals surface area (Å²) in [5.41, 5.74) is 0. The Bertz CT molecular complexity index is 73.6. The fourth-order valence-corrected chi connectivity index (χ4v) is 1.15. The summed E-state index contributed by atoms with van der Waals surface area (Å²) in [5, 5.41) is 0. The van der Waals surface area contributed by atoms with Gasteiger partial charge in [-0.3, -0.25) is 0 Å². The van der Waals surface area contributed by atoms with Gasteiger partial charge in [0.15, 0.2) is 6.29 Å². The first-order chi connectivity index (χ1) is 5.36. The van der Waals surface area contributed by atoms with E-state index < -0.39 is 0 Å². The molecule has 0 spiro atoms. The molecule has 1 fully saturated rings. The second-order valence-corrected chi connectivity index (χ2v) is 2.41. The highest BCUT2D eigenvalue weighted by Crippen LogP contribution is 2.21. The minimum absolute atomic E-state index is 0.0787. The van der Waals surface area contributed by atoms with Crippen LogP contribution >= 0.6 is 0 Å². The second-order valence-electron chi connectivity index (χ2n) is 2.41. The molecule has 1 heterocycles. The Hall–Kier alpha value is -0.0800. The van der Waals surface area contributed by atoms with Gasteiger partial charge in [0.25, 0.3) is 0 Å². The number of hydrogen-bond acceptors (Lipinski definition) is 2. The summed E-state index contributed by atoms with van der Waals surface area (Å²) >= 11 is 0. The molecule has 2 nitrogen and oxygen atoms in total. The van der Waals surface area contributed by atoms with E-state index in [0.29, 0.717) is 6.10 Å². The van der Waals surface area contributed by atoms with Crippen molar-refractivity contribution in [2.24, 2.45) is 0 Å². The molecule has 0 saturated carbocycles. The Kier molecular flexibility index (Phi) is 6.57. The first-order valence-corrected chi connectivity index (χ1v) is 4.55. The van der Waals surface area contributed by atoms with Crippen molar-refractivity contribution < 1.29 is 9.47 Å². The van der Waals surface area contributed by atoms with Crippen LogP contribution in [0, 0.1) is 0 Å². The van der Waals surface area contributed by atoms with Gasteiger partial charge in [0, 0.05) is 13.5 Å². The van der Waals surface area contributed by atoms with Gasteiger partial charge >= 0.3 is 0 Å². The van der Waals surface area contributed by atoms with Crippen LogP contribution in [0.5, 0.6) is 0 Å². The molecule has 1 unspecified atom stereocenters. The van der Waals surface area contributed by atoms with E-state index in [0.717, 1.165) is 19.3 Å². The van der Waals surface area contributed by atoms with Crippen LogP contribution in [-0.4, -0.2) is 19.5 Å². The molecule has 0 N–H and O–H groups in total. The van der Waals surface area contributed by atoms with Crippen LogP contribution in [0.2, 0.25) is 0 Å². The fourth-order valence-electron chi connectivity index (χ4n) is 1.15. The highest BCUT2D eigenvalue weighted by molar-refractivity contribution is 4.65. The second kappa shape index (κ2) is 6.62. The molecule has 0 bridgehead atoms. The highest BCUT2D eigenvalue weighted by Gasteiger charge is 2.22. The Labute approximate surface area is 69.9 Å². The number of hydrogen-bond donors (Lipinski definition) is 0. The van der Waals surface area contributed by atoms with Gasteiger partial charge in [-0.15, -0.1) is 0 Å². The zero-order chi connectivity index (χ0) is 8.69.